The lowest BCUT2D eigenvalue weighted by Gasteiger charge is -2.39. The summed E-state index contributed by atoms with van der Waals surface area (Å²) >= 11 is 0. The summed E-state index contributed by atoms with van der Waals surface area (Å²) in [5.74, 6) is -0.287. The summed E-state index contributed by atoms with van der Waals surface area (Å²) < 4.78 is 0. The molecule has 1 aromatic carbocycles. The van der Waals surface area contributed by atoms with Crippen LogP contribution in [0.1, 0.15) is 65.7 Å². The second-order valence-electron chi connectivity index (χ2n) is 8.73. The van der Waals surface area contributed by atoms with E-state index in [0.29, 0.717) is 0 Å². The second kappa shape index (κ2) is 8.97. The molecule has 1 N–H and O–H groups in total. The van der Waals surface area contributed by atoms with E-state index in [1.165, 1.54) is 24.9 Å². The maximum atomic E-state index is 13.1. The van der Waals surface area contributed by atoms with Crippen molar-refractivity contribution in [1.29, 1.82) is 0 Å². The predicted octanol–water partition coefficient (Wildman–Crippen LogP) is 4.43. The zero-order valence-corrected chi connectivity index (χ0v) is 17.7. The van der Waals surface area contributed by atoms with Gasteiger partial charge in [-0.05, 0) is 83.1 Å². The lowest BCUT2D eigenvalue weighted by molar-refractivity contribution is -0.149. The van der Waals surface area contributed by atoms with Gasteiger partial charge in [0.25, 0.3) is 0 Å². The van der Waals surface area contributed by atoms with E-state index in [9.17, 15) is 9.59 Å². The maximum absolute atomic E-state index is 13.1. The molecule has 1 unspecified atom stereocenters. The van der Waals surface area contributed by atoms with Crippen molar-refractivity contribution in [2.24, 2.45) is 5.41 Å². The Kier molecular flexibility index (Phi) is 6.63. The SMILES string of the molecule is CCC1CCCCN1C(=O)C(C)(C)C(=O)Nc1ccc(N2CCCCC2)cc1. The third-order valence-corrected chi connectivity index (χ3v) is 6.31. The third-order valence-electron chi connectivity index (χ3n) is 6.31. The summed E-state index contributed by atoms with van der Waals surface area (Å²) in [6.07, 6.45) is 7.97. The number of rotatable bonds is 5. The number of nitrogens with one attached hydrogen (secondary N) is 1. The van der Waals surface area contributed by atoms with E-state index in [4.69, 9.17) is 0 Å². The van der Waals surface area contributed by atoms with Crippen LogP contribution in [0.3, 0.4) is 0 Å². The molecule has 0 spiro atoms. The van der Waals surface area contributed by atoms with Crippen LogP contribution in [0.15, 0.2) is 24.3 Å². The molecule has 2 heterocycles. The van der Waals surface area contributed by atoms with E-state index in [-0.39, 0.29) is 17.9 Å². The van der Waals surface area contributed by atoms with Gasteiger partial charge in [-0.15, -0.1) is 0 Å². The Morgan fingerprint density at radius 3 is 2.29 bits per heavy atom. The molecule has 5 heteroatoms. The summed E-state index contributed by atoms with van der Waals surface area (Å²) in [5.41, 5.74) is 0.875. The van der Waals surface area contributed by atoms with E-state index >= 15 is 0 Å². The van der Waals surface area contributed by atoms with Crippen molar-refractivity contribution in [2.45, 2.75) is 71.8 Å². The van der Waals surface area contributed by atoms with Crippen molar-refractivity contribution < 1.29 is 9.59 Å². The van der Waals surface area contributed by atoms with E-state index < -0.39 is 5.41 Å². The van der Waals surface area contributed by atoms with Crippen LogP contribution in [-0.4, -0.2) is 42.4 Å². The molecule has 0 bridgehead atoms. The molecule has 0 saturated carbocycles. The Morgan fingerprint density at radius 1 is 1.00 bits per heavy atom. The number of hydrogen-bond acceptors (Lipinski definition) is 3. The van der Waals surface area contributed by atoms with Crippen molar-refractivity contribution in [3.8, 4) is 0 Å². The molecule has 154 valence electrons. The number of carbonyl (C=O) groups is 2. The quantitative estimate of drug-likeness (QED) is 0.763. The molecule has 2 saturated heterocycles. The lowest BCUT2D eigenvalue weighted by atomic mass is 9.87. The first kappa shape index (κ1) is 20.7. The maximum Gasteiger partial charge on any atom is 0.239 e. The average molecular weight is 386 g/mol. The minimum atomic E-state index is -1.07. The van der Waals surface area contributed by atoms with Gasteiger partial charge in [-0.3, -0.25) is 9.59 Å². The smallest absolute Gasteiger partial charge is 0.239 e. The standard InChI is InChI=1S/C23H35N3O2/c1-4-19-10-6-9-17-26(19)22(28)23(2,3)21(27)24-18-11-13-20(14-12-18)25-15-7-5-8-16-25/h11-14,19H,4-10,15-17H2,1-3H3,(H,24,27). The monoisotopic (exact) mass is 385 g/mol. The minimum absolute atomic E-state index is 0.0542. The molecule has 2 amide bonds. The Bertz CT molecular complexity index is 678. The molecular formula is C23H35N3O2. The zero-order valence-electron chi connectivity index (χ0n) is 17.7. The summed E-state index contributed by atoms with van der Waals surface area (Å²) in [6, 6.07) is 8.27. The van der Waals surface area contributed by atoms with Crippen LogP contribution in [-0.2, 0) is 9.59 Å². The van der Waals surface area contributed by atoms with Crippen LogP contribution in [0.4, 0.5) is 11.4 Å². The number of carbonyl (C=O) groups excluding carboxylic acids is 2. The fourth-order valence-electron chi connectivity index (χ4n) is 4.34. The number of amides is 2. The van der Waals surface area contributed by atoms with Gasteiger partial charge in [-0.25, -0.2) is 0 Å². The number of piperidine rings is 2. The molecular weight excluding hydrogens is 350 g/mol. The summed E-state index contributed by atoms with van der Waals surface area (Å²) in [4.78, 5) is 30.4. The minimum Gasteiger partial charge on any atom is -0.372 e. The van der Waals surface area contributed by atoms with E-state index in [0.717, 1.165) is 51.0 Å². The van der Waals surface area contributed by atoms with Crippen LogP contribution in [0, 0.1) is 5.41 Å². The molecule has 0 aliphatic carbocycles. The van der Waals surface area contributed by atoms with Crippen LogP contribution in [0.5, 0.6) is 0 Å². The molecule has 2 aliphatic rings. The fourth-order valence-corrected chi connectivity index (χ4v) is 4.34. The van der Waals surface area contributed by atoms with Crippen LogP contribution in [0.25, 0.3) is 0 Å². The number of nitrogens with zero attached hydrogens (tertiary/aromatic N) is 2. The van der Waals surface area contributed by atoms with Gasteiger partial charge in [0.1, 0.15) is 5.41 Å². The molecule has 28 heavy (non-hydrogen) atoms. The molecule has 3 rings (SSSR count). The Balaban J connectivity index is 1.64. The van der Waals surface area contributed by atoms with Crippen LogP contribution >= 0.6 is 0 Å². The van der Waals surface area contributed by atoms with Gasteiger partial charge in [0, 0.05) is 37.1 Å². The van der Waals surface area contributed by atoms with Crippen molar-refractivity contribution in [3.05, 3.63) is 24.3 Å². The number of likely N-dealkylation sites (tertiary alicyclic amines) is 1. The lowest BCUT2D eigenvalue weighted by Crippen LogP contribution is -2.52. The van der Waals surface area contributed by atoms with Gasteiger partial charge in [-0.2, -0.15) is 0 Å². The summed E-state index contributed by atoms with van der Waals surface area (Å²) in [6.45, 7) is 8.57. The summed E-state index contributed by atoms with van der Waals surface area (Å²) in [7, 11) is 0. The van der Waals surface area contributed by atoms with Crippen LogP contribution in [0.2, 0.25) is 0 Å². The first-order valence-electron chi connectivity index (χ1n) is 10.9. The first-order valence-corrected chi connectivity index (χ1v) is 10.9. The van der Waals surface area contributed by atoms with Gasteiger partial charge >= 0.3 is 0 Å². The van der Waals surface area contributed by atoms with E-state index in [1.807, 2.05) is 17.0 Å². The molecule has 2 fully saturated rings. The van der Waals surface area contributed by atoms with Gasteiger partial charge < -0.3 is 15.1 Å². The zero-order chi connectivity index (χ0) is 20.1. The molecule has 0 aromatic heterocycles. The Morgan fingerprint density at radius 2 is 1.64 bits per heavy atom. The highest BCUT2D eigenvalue weighted by atomic mass is 16.2. The highest BCUT2D eigenvalue weighted by Gasteiger charge is 2.41. The largest absolute Gasteiger partial charge is 0.372 e. The van der Waals surface area contributed by atoms with Crippen LogP contribution < -0.4 is 10.2 Å². The molecule has 2 aliphatic heterocycles. The van der Waals surface area contributed by atoms with Gasteiger partial charge in [0.2, 0.25) is 11.8 Å². The van der Waals surface area contributed by atoms with Crippen molar-refractivity contribution in [1.82, 2.24) is 4.90 Å². The third kappa shape index (κ3) is 4.50. The van der Waals surface area contributed by atoms with E-state index in [1.54, 1.807) is 13.8 Å². The molecule has 0 radical (unpaired) electrons. The van der Waals surface area contributed by atoms with Gasteiger partial charge in [0.05, 0.1) is 0 Å². The van der Waals surface area contributed by atoms with Gasteiger partial charge in [0.15, 0.2) is 0 Å². The number of hydrogen-bond donors (Lipinski definition) is 1. The average Bonchev–Trinajstić information content (AvgIpc) is 2.74. The van der Waals surface area contributed by atoms with Crippen molar-refractivity contribution >= 4 is 23.2 Å². The second-order valence-corrected chi connectivity index (χ2v) is 8.73. The number of anilines is 2. The van der Waals surface area contributed by atoms with Gasteiger partial charge in [-0.1, -0.05) is 6.92 Å². The first-order chi connectivity index (χ1) is 13.4. The predicted molar refractivity (Wildman–Crippen MR) is 115 cm³/mol. The molecule has 5 nitrogen and oxygen atoms in total. The normalized spacial score (nSPS) is 20.8. The fraction of sp³-hybridized carbons (Fsp3) is 0.652. The Hall–Kier alpha value is -2.04. The summed E-state index contributed by atoms with van der Waals surface area (Å²) in [5, 5.41) is 2.96. The topological polar surface area (TPSA) is 52.7 Å². The molecule has 1 atom stereocenters. The number of benzene rings is 1. The highest BCUT2D eigenvalue weighted by molar-refractivity contribution is 6.10. The molecule has 1 aromatic rings. The van der Waals surface area contributed by atoms with Crippen molar-refractivity contribution in [2.75, 3.05) is 29.9 Å². The van der Waals surface area contributed by atoms with Crippen molar-refractivity contribution in [3.63, 3.8) is 0 Å². The Labute approximate surface area is 169 Å². The van der Waals surface area contributed by atoms with E-state index in [2.05, 4.69) is 29.3 Å². The highest BCUT2D eigenvalue weighted by Crippen LogP contribution is 2.29.